The van der Waals surface area contributed by atoms with Gasteiger partial charge in [0.1, 0.15) is 4.87 Å². The summed E-state index contributed by atoms with van der Waals surface area (Å²) >= 11 is 5.67. The summed E-state index contributed by atoms with van der Waals surface area (Å²) in [6, 6.07) is 0. The Bertz CT molecular complexity index is 120. The standard InChI is InChI=1S/C5H8ClNO/c6-5(1-2-5)4(8)3-7/h1-3,7H2. The van der Waals surface area contributed by atoms with Crippen molar-refractivity contribution in [1.29, 1.82) is 0 Å². The van der Waals surface area contributed by atoms with Crippen molar-refractivity contribution in [2.24, 2.45) is 5.73 Å². The second kappa shape index (κ2) is 1.71. The molecule has 0 heterocycles. The number of nitrogens with two attached hydrogens (primary N) is 1. The molecule has 1 aliphatic carbocycles. The van der Waals surface area contributed by atoms with E-state index in [0.717, 1.165) is 12.8 Å². The van der Waals surface area contributed by atoms with E-state index in [-0.39, 0.29) is 12.3 Å². The van der Waals surface area contributed by atoms with Crippen LogP contribution >= 0.6 is 11.6 Å². The summed E-state index contributed by atoms with van der Waals surface area (Å²) in [4.78, 5) is 10.1. The second-order valence-corrected chi connectivity index (χ2v) is 2.82. The van der Waals surface area contributed by atoms with Gasteiger partial charge in [-0.1, -0.05) is 0 Å². The van der Waals surface area contributed by atoms with Crippen LogP contribution in [0.3, 0.4) is 0 Å². The molecule has 2 N–H and O–H groups in total. The van der Waals surface area contributed by atoms with Gasteiger partial charge in [0.05, 0.1) is 6.54 Å². The Balaban J connectivity index is 2.46. The molecule has 1 saturated carbocycles. The van der Waals surface area contributed by atoms with Crippen LogP contribution < -0.4 is 5.73 Å². The smallest absolute Gasteiger partial charge is 0.167 e. The molecule has 0 aromatic rings. The van der Waals surface area contributed by atoms with Gasteiger partial charge in [-0.25, -0.2) is 0 Å². The molecule has 3 heteroatoms. The SMILES string of the molecule is NCC(=O)C1(Cl)CC1. The molecule has 46 valence electrons. The molecule has 1 aliphatic rings. The highest BCUT2D eigenvalue weighted by Crippen LogP contribution is 2.42. The number of carbonyl (C=O) groups excluding carboxylic acids is 1. The fourth-order valence-electron chi connectivity index (χ4n) is 0.571. The topological polar surface area (TPSA) is 43.1 Å². The highest BCUT2D eigenvalue weighted by atomic mass is 35.5. The van der Waals surface area contributed by atoms with Gasteiger partial charge in [0, 0.05) is 0 Å². The first-order valence-corrected chi connectivity index (χ1v) is 2.99. The number of carbonyl (C=O) groups is 1. The van der Waals surface area contributed by atoms with E-state index >= 15 is 0 Å². The lowest BCUT2D eigenvalue weighted by atomic mass is 10.3. The van der Waals surface area contributed by atoms with Gasteiger partial charge in [-0.15, -0.1) is 11.6 Å². The zero-order valence-electron chi connectivity index (χ0n) is 4.48. The molecule has 0 saturated heterocycles. The minimum absolute atomic E-state index is 0.0147. The predicted molar refractivity (Wildman–Crippen MR) is 31.9 cm³/mol. The molecule has 0 atom stereocenters. The van der Waals surface area contributed by atoms with E-state index in [4.69, 9.17) is 17.3 Å². The Morgan fingerprint density at radius 3 is 2.38 bits per heavy atom. The second-order valence-electron chi connectivity index (χ2n) is 2.09. The van der Waals surface area contributed by atoms with Crippen LogP contribution in [0.5, 0.6) is 0 Å². The van der Waals surface area contributed by atoms with E-state index in [0.29, 0.717) is 0 Å². The van der Waals surface area contributed by atoms with Crippen LogP contribution in [-0.2, 0) is 4.79 Å². The van der Waals surface area contributed by atoms with Crippen LogP contribution in [0.1, 0.15) is 12.8 Å². The molecule has 0 unspecified atom stereocenters. The predicted octanol–water partition coefficient (Wildman–Crippen LogP) is 0.286. The van der Waals surface area contributed by atoms with Crippen LogP contribution in [-0.4, -0.2) is 17.2 Å². The molecule has 1 rings (SSSR count). The van der Waals surface area contributed by atoms with Crippen LogP contribution in [0.2, 0.25) is 0 Å². The average molecular weight is 134 g/mol. The lowest BCUT2D eigenvalue weighted by Crippen LogP contribution is -2.24. The minimum atomic E-state index is -0.533. The third-order valence-electron chi connectivity index (χ3n) is 1.37. The Morgan fingerprint density at radius 1 is 1.75 bits per heavy atom. The van der Waals surface area contributed by atoms with Crippen molar-refractivity contribution in [3.63, 3.8) is 0 Å². The van der Waals surface area contributed by atoms with Crippen LogP contribution in [0.25, 0.3) is 0 Å². The minimum Gasteiger partial charge on any atom is -0.324 e. The van der Waals surface area contributed by atoms with Gasteiger partial charge in [0.15, 0.2) is 5.78 Å². The van der Waals surface area contributed by atoms with E-state index < -0.39 is 4.87 Å². The van der Waals surface area contributed by atoms with Crippen molar-refractivity contribution in [3.8, 4) is 0 Å². The summed E-state index contributed by atoms with van der Waals surface area (Å²) in [5.74, 6) is -0.0147. The fraction of sp³-hybridized carbons (Fsp3) is 0.800. The highest BCUT2D eigenvalue weighted by Gasteiger charge is 2.46. The monoisotopic (exact) mass is 133 g/mol. The van der Waals surface area contributed by atoms with Crippen molar-refractivity contribution in [2.45, 2.75) is 17.7 Å². The summed E-state index contributed by atoms with van der Waals surface area (Å²) in [6.07, 6.45) is 1.62. The van der Waals surface area contributed by atoms with E-state index in [1.165, 1.54) is 0 Å². The molecule has 0 aromatic carbocycles. The van der Waals surface area contributed by atoms with Gasteiger partial charge >= 0.3 is 0 Å². The third kappa shape index (κ3) is 0.858. The van der Waals surface area contributed by atoms with Gasteiger partial charge in [0.25, 0.3) is 0 Å². The summed E-state index contributed by atoms with van der Waals surface area (Å²) in [6.45, 7) is 0.0868. The maximum atomic E-state index is 10.6. The normalized spacial score (nSPS) is 22.8. The number of ketones is 1. The first-order valence-electron chi connectivity index (χ1n) is 2.61. The van der Waals surface area contributed by atoms with Crippen molar-refractivity contribution >= 4 is 17.4 Å². The molecule has 0 amide bonds. The first kappa shape index (κ1) is 6.05. The lowest BCUT2D eigenvalue weighted by Gasteiger charge is -1.98. The van der Waals surface area contributed by atoms with Gasteiger partial charge in [-0.2, -0.15) is 0 Å². The number of alkyl halides is 1. The number of hydrogen-bond donors (Lipinski definition) is 1. The summed E-state index contributed by atoms with van der Waals surface area (Å²) in [5.41, 5.74) is 5.06. The number of rotatable bonds is 2. The van der Waals surface area contributed by atoms with Gasteiger partial charge in [-0.3, -0.25) is 4.79 Å². The molecule has 0 spiro atoms. The fourth-order valence-corrected chi connectivity index (χ4v) is 0.743. The molecule has 0 aliphatic heterocycles. The molecular formula is C5H8ClNO. The first-order chi connectivity index (χ1) is 3.69. The Morgan fingerprint density at radius 2 is 2.25 bits per heavy atom. The lowest BCUT2D eigenvalue weighted by molar-refractivity contribution is -0.118. The molecule has 0 bridgehead atoms. The van der Waals surface area contributed by atoms with E-state index in [1.807, 2.05) is 0 Å². The van der Waals surface area contributed by atoms with Gasteiger partial charge in [-0.05, 0) is 12.8 Å². The average Bonchev–Trinajstić information content (AvgIpc) is 2.47. The van der Waals surface area contributed by atoms with Gasteiger partial charge in [0.2, 0.25) is 0 Å². The van der Waals surface area contributed by atoms with E-state index in [1.54, 1.807) is 0 Å². The van der Waals surface area contributed by atoms with Crippen molar-refractivity contribution in [2.75, 3.05) is 6.54 Å². The van der Waals surface area contributed by atoms with E-state index in [9.17, 15) is 4.79 Å². The van der Waals surface area contributed by atoms with Crippen molar-refractivity contribution in [1.82, 2.24) is 0 Å². The molecule has 2 nitrogen and oxygen atoms in total. The van der Waals surface area contributed by atoms with Crippen molar-refractivity contribution in [3.05, 3.63) is 0 Å². The summed E-state index contributed by atoms with van der Waals surface area (Å²) < 4.78 is 0. The molecule has 0 aromatic heterocycles. The quantitative estimate of drug-likeness (QED) is 0.550. The number of halogens is 1. The zero-order chi connectivity index (χ0) is 6.20. The maximum Gasteiger partial charge on any atom is 0.167 e. The number of Topliss-reactive ketones (excluding diaryl/α,β-unsaturated/α-hetero) is 1. The Labute approximate surface area is 53.0 Å². The number of hydrogen-bond acceptors (Lipinski definition) is 2. The third-order valence-corrected chi connectivity index (χ3v) is 1.96. The zero-order valence-corrected chi connectivity index (χ0v) is 5.24. The van der Waals surface area contributed by atoms with Crippen LogP contribution in [0, 0.1) is 0 Å². The summed E-state index contributed by atoms with van der Waals surface area (Å²) in [5, 5.41) is 0. The van der Waals surface area contributed by atoms with Crippen LogP contribution in [0.4, 0.5) is 0 Å². The Hall–Kier alpha value is -0.0800. The van der Waals surface area contributed by atoms with Crippen molar-refractivity contribution < 1.29 is 4.79 Å². The summed E-state index contributed by atoms with van der Waals surface area (Å²) in [7, 11) is 0. The molecule has 0 radical (unpaired) electrons. The highest BCUT2D eigenvalue weighted by molar-refractivity contribution is 6.37. The Kier molecular flexibility index (Phi) is 1.29. The molecule has 1 fully saturated rings. The maximum absolute atomic E-state index is 10.6. The largest absolute Gasteiger partial charge is 0.324 e. The van der Waals surface area contributed by atoms with Crippen LogP contribution in [0.15, 0.2) is 0 Å². The molecule has 8 heavy (non-hydrogen) atoms. The van der Waals surface area contributed by atoms with E-state index in [2.05, 4.69) is 0 Å². The molecular weight excluding hydrogens is 126 g/mol. The van der Waals surface area contributed by atoms with Gasteiger partial charge < -0.3 is 5.73 Å².